The highest BCUT2D eigenvalue weighted by atomic mass is 32.2. The van der Waals surface area contributed by atoms with Crippen LogP contribution in [0.25, 0.3) is 10.9 Å². The van der Waals surface area contributed by atoms with Gasteiger partial charge in [-0.15, -0.1) is 0 Å². The molecule has 0 saturated heterocycles. The van der Waals surface area contributed by atoms with E-state index in [0.29, 0.717) is 42.2 Å². The van der Waals surface area contributed by atoms with Gasteiger partial charge in [0.2, 0.25) is 5.91 Å². The Morgan fingerprint density at radius 1 is 1.16 bits per heavy atom. The van der Waals surface area contributed by atoms with Crippen molar-refractivity contribution in [2.45, 2.75) is 51.9 Å². The van der Waals surface area contributed by atoms with Gasteiger partial charge in [0.1, 0.15) is 0 Å². The van der Waals surface area contributed by atoms with Crippen LogP contribution >= 0.6 is 11.8 Å². The van der Waals surface area contributed by atoms with Gasteiger partial charge in [-0.2, -0.15) is 0 Å². The maximum absolute atomic E-state index is 13.2. The maximum atomic E-state index is 13.2. The molecule has 2 aromatic carbocycles. The van der Waals surface area contributed by atoms with E-state index in [1.165, 1.54) is 11.8 Å². The van der Waals surface area contributed by atoms with Crippen molar-refractivity contribution in [2.24, 2.45) is 0 Å². The van der Waals surface area contributed by atoms with E-state index in [1.54, 1.807) is 15.5 Å². The molecule has 32 heavy (non-hydrogen) atoms. The summed E-state index contributed by atoms with van der Waals surface area (Å²) in [5, 5.41) is 1.15. The van der Waals surface area contributed by atoms with Crippen LogP contribution in [0.4, 0.5) is 5.69 Å². The number of fused-ring (bicyclic) bond motifs is 1. The highest BCUT2D eigenvalue weighted by Gasteiger charge is 2.18. The number of aryl methyl sites for hydroxylation is 1. The zero-order chi connectivity index (χ0) is 23.1. The van der Waals surface area contributed by atoms with Crippen molar-refractivity contribution in [1.29, 1.82) is 0 Å². The second kappa shape index (κ2) is 11.3. The second-order valence-corrected chi connectivity index (χ2v) is 8.80. The number of thioether (sulfide) groups is 1. The lowest BCUT2D eigenvalue weighted by atomic mass is 10.2. The summed E-state index contributed by atoms with van der Waals surface area (Å²) in [7, 11) is 0. The van der Waals surface area contributed by atoms with E-state index in [9.17, 15) is 9.59 Å². The standard InChI is InChI=1S/C25H31N3O3S/c1-5-27(22-14-9-6-11-19(22)4)23(29)17-32-25-26-21-13-8-7-12-20(21)24(30)28(25)15-10-16-31-18(2)3/h6-9,11-14,18H,5,10,15-17H2,1-4H3. The van der Waals surface area contributed by atoms with Crippen LogP contribution in [0.3, 0.4) is 0 Å². The average Bonchev–Trinajstić information content (AvgIpc) is 2.78. The highest BCUT2D eigenvalue weighted by Crippen LogP contribution is 2.23. The van der Waals surface area contributed by atoms with Crippen molar-refractivity contribution >= 4 is 34.3 Å². The van der Waals surface area contributed by atoms with Crippen molar-refractivity contribution in [1.82, 2.24) is 9.55 Å². The molecular formula is C25H31N3O3S. The predicted molar refractivity (Wildman–Crippen MR) is 132 cm³/mol. The fourth-order valence-electron chi connectivity index (χ4n) is 3.55. The minimum Gasteiger partial charge on any atom is -0.379 e. The number of ether oxygens (including phenoxy) is 1. The molecule has 3 aromatic rings. The smallest absolute Gasteiger partial charge is 0.262 e. The molecule has 3 rings (SSSR count). The van der Waals surface area contributed by atoms with Gasteiger partial charge >= 0.3 is 0 Å². The molecule has 0 N–H and O–H groups in total. The lowest BCUT2D eigenvalue weighted by Crippen LogP contribution is -2.33. The summed E-state index contributed by atoms with van der Waals surface area (Å²) in [6.45, 7) is 9.59. The molecule has 0 saturated carbocycles. The Balaban J connectivity index is 1.83. The summed E-state index contributed by atoms with van der Waals surface area (Å²) in [5.41, 5.74) is 2.53. The number of para-hydroxylation sites is 2. The van der Waals surface area contributed by atoms with Gasteiger partial charge in [0.25, 0.3) is 5.56 Å². The zero-order valence-electron chi connectivity index (χ0n) is 19.2. The molecule has 0 radical (unpaired) electrons. The first-order valence-electron chi connectivity index (χ1n) is 11.0. The van der Waals surface area contributed by atoms with Crippen molar-refractivity contribution in [3.8, 4) is 0 Å². The number of rotatable bonds is 10. The molecule has 0 aliphatic rings. The number of aromatic nitrogens is 2. The molecule has 0 fully saturated rings. The van der Waals surface area contributed by atoms with Crippen molar-refractivity contribution in [2.75, 3.05) is 23.8 Å². The number of benzene rings is 2. The van der Waals surface area contributed by atoms with Crippen molar-refractivity contribution < 1.29 is 9.53 Å². The predicted octanol–water partition coefficient (Wildman–Crippen LogP) is 4.67. The third-order valence-electron chi connectivity index (χ3n) is 5.15. The Morgan fingerprint density at radius 2 is 1.88 bits per heavy atom. The zero-order valence-corrected chi connectivity index (χ0v) is 20.0. The van der Waals surface area contributed by atoms with E-state index in [4.69, 9.17) is 9.72 Å². The summed E-state index contributed by atoms with van der Waals surface area (Å²) in [6, 6.07) is 15.2. The fraction of sp³-hybridized carbons (Fsp3) is 0.400. The molecular weight excluding hydrogens is 422 g/mol. The summed E-state index contributed by atoms with van der Waals surface area (Å²) in [5.74, 6) is 0.194. The molecule has 0 aliphatic heterocycles. The first kappa shape index (κ1) is 24.0. The molecule has 1 heterocycles. The molecule has 0 atom stereocenters. The quantitative estimate of drug-likeness (QED) is 0.254. The van der Waals surface area contributed by atoms with Crippen LogP contribution in [0.1, 0.15) is 32.8 Å². The van der Waals surface area contributed by atoms with Gasteiger partial charge < -0.3 is 9.64 Å². The van der Waals surface area contributed by atoms with Crippen LogP contribution in [-0.4, -0.2) is 40.5 Å². The lowest BCUT2D eigenvalue weighted by molar-refractivity contribution is -0.116. The van der Waals surface area contributed by atoms with E-state index in [2.05, 4.69) is 0 Å². The molecule has 0 bridgehead atoms. The molecule has 1 amide bonds. The summed E-state index contributed by atoms with van der Waals surface area (Å²) in [4.78, 5) is 32.7. The summed E-state index contributed by atoms with van der Waals surface area (Å²) < 4.78 is 7.31. The van der Waals surface area contributed by atoms with Crippen LogP contribution in [0, 0.1) is 6.92 Å². The Kier molecular flexibility index (Phi) is 8.47. The van der Waals surface area contributed by atoms with E-state index in [0.717, 1.165) is 11.3 Å². The Hall–Kier alpha value is -2.64. The summed E-state index contributed by atoms with van der Waals surface area (Å²) in [6.07, 6.45) is 0.846. The van der Waals surface area contributed by atoms with Gasteiger partial charge in [-0.25, -0.2) is 4.98 Å². The SMILES string of the molecule is CCN(C(=O)CSc1nc2ccccc2c(=O)n1CCCOC(C)C)c1ccccc1C. The first-order valence-corrected chi connectivity index (χ1v) is 12.0. The largest absolute Gasteiger partial charge is 0.379 e. The number of carbonyl (C=O) groups is 1. The molecule has 7 heteroatoms. The van der Waals surface area contributed by atoms with Crippen LogP contribution < -0.4 is 10.5 Å². The van der Waals surface area contributed by atoms with E-state index >= 15 is 0 Å². The fourth-order valence-corrected chi connectivity index (χ4v) is 4.45. The van der Waals surface area contributed by atoms with Gasteiger partial charge in [-0.05, 0) is 57.9 Å². The summed E-state index contributed by atoms with van der Waals surface area (Å²) >= 11 is 1.31. The Morgan fingerprint density at radius 3 is 2.59 bits per heavy atom. The number of hydrogen-bond acceptors (Lipinski definition) is 5. The Labute approximate surface area is 193 Å². The number of amides is 1. The monoisotopic (exact) mass is 453 g/mol. The van der Waals surface area contributed by atoms with Crippen LogP contribution in [0.2, 0.25) is 0 Å². The van der Waals surface area contributed by atoms with Crippen LogP contribution in [0.5, 0.6) is 0 Å². The third-order valence-corrected chi connectivity index (χ3v) is 6.11. The third kappa shape index (κ3) is 5.78. The minimum absolute atomic E-state index is 0.0103. The van der Waals surface area contributed by atoms with Gasteiger partial charge in [0, 0.05) is 25.4 Å². The molecule has 0 spiro atoms. The lowest BCUT2D eigenvalue weighted by Gasteiger charge is -2.23. The first-order chi connectivity index (χ1) is 15.4. The van der Waals surface area contributed by atoms with Gasteiger partial charge in [-0.3, -0.25) is 14.2 Å². The highest BCUT2D eigenvalue weighted by molar-refractivity contribution is 7.99. The molecule has 0 unspecified atom stereocenters. The van der Waals surface area contributed by atoms with E-state index in [-0.39, 0.29) is 23.3 Å². The molecule has 6 nitrogen and oxygen atoms in total. The van der Waals surface area contributed by atoms with Gasteiger partial charge in [0.15, 0.2) is 5.16 Å². The topological polar surface area (TPSA) is 64.4 Å². The second-order valence-electron chi connectivity index (χ2n) is 7.85. The van der Waals surface area contributed by atoms with Gasteiger partial charge in [-0.1, -0.05) is 42.1 Å². The Bertz CT molecular complexity index is 1130. The maximum Gasteiger partial charge on any atom is 0.262 e. The van der Waals surface area contributed by atoms with Crippen LogP contribution in [0.15, 0.2) is 58.5 Å². The van der Waals surface area contributed by atoms with Crippen molar-refractivity contribution in [3.05, 3.63) is 64.4 Å². The normalized spacial score (nSPS) is 11.3. The number of anilines is 1. The van der Waals surface area contributed by atoms with E-state index in [1.807, 2.05) is 70.2 Å². The molecule has 0 aliphatic carbocycles. The van der Waals surface area contributed by atoms with E-state index < -0.39 is 0 Å². The molecule has 1 aromatic heterocycles. The number of hydrogen-bond donors (Lipinski definition) is 0. The minimum atomic E-state index is -0.0821. The average molecular weight is 454 g/mol. The number of carbonyl (C=O) groups excluding carboxylic acids is 1. The van der Waals surface area contributed by atoms with Crippen molar-refractivity contribution in [3.63, 3.8) is 0 Å². The van der Waals surface area contributed by atoms with Crippen LogP contribution in [-0.2, 0) is 16.1 Å². The number of nitrogens with zero attached hydrogens (tertiary/aromatic N) is 3. The molecule has 170 valence electrons. The van der Waals surface area contributed by atoms with Gasteiger partial charge in [0.05, 0.1) is 22.8 Å².